The van der Waals surface area contributed by atoms with Crippen LogP contribution in [0.25, 0.3) is 0 Å². The Hall–Kier alpha value is -1.18. The molecule has 0 amide bonds. The lowest BCUT2D eigenvalue weighted by atomic mass is 9.78. The van der Waals surface area contributed by atoms with Gasteiger partial charge in [-0.05, 0) is 6.07 Å². The van der Waals surface area contributed by atoms with E-state index in [4.69, 9.17) is 5.73 Å². The lowest BCUT2D eigenvalue weighted by Crippen LogP contribution is -2.50. The van der Waals surface area contributed by atoms with Gasteiger partial charge in [0.2, 0.25) is 0 Å². The van der Waals surface area contributed by atoms with Crippen LogP contribution in [0, 0.1) is 11.7 Å². The first-order valence-corrected chi connectivity index (χ1v) is 5.64. The summed E-state index contributed by atoms with van der Waals surface area (Å²) in [5.41, 5.74) is 4.12. The van der Waals surface area contributed by atoms with Gasteiger partial charge in [-0.15, -0.1) is 0 Å². The van der Waals surface area contributed by atoms with E-state index < -0.39 is 42.8 Å². The summed E-state index contributed by atoms with van der Waals surface area (Å²) in [6.07, 6.45) is -6.85. The third kappa shape index (κ3) is 2.33. The van der Waals surface area contributed by atoms with Crippen LogP contribution in [0.1, 0.15) is 5.56 Å². The molecule has 1 heterocycles. The summed E-state index contributed by atoms with van der Waals surface area (Å²) in [5.74, 6) is -2.15. The maximum Gasteiger partial charge on any atom is 0.415 e. The number of alkyl halides is 3. The molecule has 1 aliphatic rings. The molecule has 1 aliphatic heterocycles. The molecule has 0 aliphatic carbocycles. The molecule has 0 aromatic heterocycles. The Kier molecular flexibility index (Phi) is 3.55. The second-order valence-electron chi connectivity index (χ2n) is 4.58. The summed E-state index contributed by atoms with van der Waals surface area (Å²) in [7, 11) is 0. The number of hydrogen-bond donors (Lipinski definition) is 2. The van der Waals surface area contributed by atoms with E-state index in [0.29, 0.717) is 0 Å². The van der Waals surface area contributed by atoms with E-state index >= 15 is 0 Å². The number of benzene rings is 1. The number of rotatable bonds is 2. The average Bonchev–Trinajstić information content (AvgIpc) is 2.67. The van der Waals surface area contributed by atoms with Gasteiger partial charge >= 0.3 is 6.18 Å². The second-order valence-corrected chi connectivity index (χ2v) is 4.58. The molecule has 2 rings (SSSR count). The summed E-state index contributed by atoms with van der Waals surface area (Å²) in [4.78, 5) is 0. The predicted molar refractivity (Wildman–Crippen MR) is 58.6 cm³/mol. The molecular formula is C12H13F4NO2. The quantitative estimate of drug-likeness (QED) is 0.808. The van der Waals surface area contributed by atoms with Crippen LogP contribution in [-0.2, 0) is 10.3 Å². The largest absolute Gasteiger partial charge is 0.415 e. The monoisotopic (exact) mass is 279 g/mol. The van der Waals surface area contributed by atoms with Crippen LogP contribution in [0.15, 0.2) is 24.3 Å². The fourth-order valence-electron chi connectivity index (χ4n) is 2.42. The molecule has 0 radical (unpaired) electrons. The average molecular weight is 279 g/mol. The smallest absolute Gasteiger partial charge is 0.396 e. The lowest BCUT2D eigenvalue weighted by molar-refractivity contribution is -0.219. The standard InChI is InChI=1S/C12H13F4NO2/c13-9-4-2-1-3-7(9)11(17)6-19-10(8(11)5-18)12(14,15)16/h1-4,8,10,18H,5-6,17H2/t8-,10+,11?/m1/s1. The van der Waals surface area contributed by atoms with E-state index in [2.05, 4.69) is 4.74 Å². The van der Waals surface area contributed by atoms with Crippen molar-refractivity contribution in [3.05, 3.63) is 35.6 Å². The maximum absolute atomic E-state index is 13.7. The van der Waals surface area contributed by atoms with E-state index in [9.17, 15) is 22.7 Å². The number of aliphatic hydroxyl groups is 1. The lowest BCUT2D eigenvalue weighted by Gasteiger charge is -2.31. The maximum atomic E-state index is 13.7. The third-order valence-corrected chi connectivity index (χ3v) is 3.42. The first-order chi connectivity index (χ1) is 8.80. The molecule has 7 heteroatoms. The van der Waals surface area contributed by atoms with Crippen molar-refractivity contribution >= 4 is 0 Å². The van der Waals surface area contributed by atoms with Gasteiger partial charge in [-0.3, -0.25) is 0 Å². The van der Waals surface area contributed by atoms with Crippen LogP contribution in [0.2, 0.25) is 0 Å². The SMILES string of the molecule is NC1(c2ccccc2F)CO[C@H](C(F)(F)F)[C@H]1CO. The Morgan fingerprint density at radius 2 is 2.00 bits per heavy atom. The molecule has 106 valence electrons. The Labute approximate surface area is 107 Å². The first-order valence-electron chi connectivity index (χ1n) is 5.64. The topological polar surface area (TPSA) is 55.5 Å². The molecule has 19 heavy (non-hydrogen) atoms. The third-order valence-electron chi connectivity index (χ3n) is 3.42. The van der Waals surface area contributed by atoms with Gasteiger partial charge in [-0.1, -0.05) is 18.2 Å². The van der Waals surface area contributed by atoms with Gasteiger partial charge in [0.15, 0.2) is 6.10 Å². The number of halogens is 4. The highest BCUT2D eigenvalue weighted by molar-refractivity contribution is 5.29. The number of ether oxygens (including phenoxy) is 1. The van der Waals surface area contributed by atoms with E-state index in [1.165, 1.54) is 18.2 Å². The van der Waals surface area contributed by atoms with E-state index in [1.54, 1.807) is 0 Å². The van der Waals surface area contributed by atoms with E-state index in [0.717, 1.165) is 6.07 Å². The van der Waals surface area contributed by atoms with Gasteiger partial charge in [-0.2, -0.15) is 13.2 Å². The normalized spacial score (nSPS) is 31.7. The minimum absolute atomic E-state index is 0.0826. The molecule has 3 nitrogen and oxygen atoms in total. The first kappa shape index (κ1) is 14.2. The number of nitrogens with two attached hydrogens (primary N) is 1. The highest BCUT2D eigenvalue weighted by Crippen LogP contribution is 2.44. The van der Waals surface area contributed by atoms with Crippen LogP contribution in [0.5, 0.6) is 0 Å². The van der Waals surface area contributed by atoms with Crippen LogP contribution in [0.4, 0.5) is 17.6 Å². The van der Waals surface area contributed by atoms with Gasteiger partial charge < -0.3 is 15.6 Å². The summed E-state index contributed by atoms with van der Waals surface area (Å²) in [6, 6.07) is 5.30. The fraction of sp³-hybridized carbons (Fsp3) is 0.500. The summed E-state index contributed by atoms with van der Waals surface area (Å²) < 4.78 is 56.7. The van der Waals surface area contributed by atoms with Crippen LogP contribution >= 0.6 is 0 Å². The fourth-order valence-corrected chi connectivity index (χ4v) is 2.42. The zero-order chi connectivity index (χ0) is 14.3. The van der Waals surface area contributed by atoms with Crippen molar-refractivity contribution in [1.82, 2.24) is 0 Å². The molecule has 1 unspecified atom stereocenters. The van der Waals surface area contributed by atoms with Crippen molar-refractivity contribution in [2.45, 2.75) is 17.8 Å². The van der Waals surface area contributed by atoms with E-state index in [-0.39, 0.29) is 5.56 Å². The van der Waals surface area contributed by atoms with Crippen molar-refractivity contribution in [3.63, 3.8) is 0 Å². The Morgan fingerprint density at radius 3 is 2.53 bits per heavy atom. The van der Waals surface area contributed by atoms with Crippen molar-refractivity contribution < 1.29 is 27.4 Å². The van der Waals surface area contributed by atoms with Gasteiger partial charge in [0.05, 0.1) is 18.8 Å². The summed E-state index contributed by atoms with van der Waals surface area (Å²) in [5, 5.41) is 9.21. The van der Waals surface area contributed by atoms with Gasteiger partial charge in [0.25, 0.3) is 0 Å². The van der Waals surface area contributed by atoms with Crippen molar-refractivity contribution in [2.75, 3.05) is 13.2 Å². The van der Waals surface area contributed by atoms with E-state index in [1.807, 2.05) is 0 Å². The van der Waals surface area contributed by atoms with Gasteiger partial charge in [-0.25, -0.2) is 4.39 Å². The molecule has 1 saturated heterocycles. The molecular weight excluding hydrogens is 266 g/mol. The molecule has 0 saturated carbocycles. The van der Waals surface area contributed by atoms with Gasteiger partial charge in [0, 0.05) is 11.5 Å². The predicted octanol–water partition coefficient (Wildman–Crippen LogP) is 1.55. The van der Waals surface area contributed by atoms with Crippen molar-refractivity contribution in [2.24, 2.45) is 11.7 Å². The molecule has 0 bridgehead atoms. The minimum Gasteiger partial charge on any atom is -0.396 e. The number of aliphatic hydroxyl groups excluding tert-OH is 1. The Bertz CT molecular complexity index is 465. The van der Waals surface area contributed by atoms with Crippen LogP contribution in [-0.4, -0.2) is 30.6 Å². The molecule has 0 spiro atoms. The molecule has 1 aromatic rings. The molecule has 1 fully saturated rings. The van der Waals surface area contributed by atoms with Crippen LogP contribution in [0.3, 0.4) is 0 Å². The van der Waals surface area contributed by atoms with Crippen LogP contribution < -0.4 is 5.73 Å². The van der Waals surface area contributed by atoms with Crippen molar-refractivity contribution in [3.8, 4) is 0 Å². The Morgan fingerprint density at radius 1 is 1.37 bits per heavy atom. The zero-order valence-corrected chi connectivity index (χ0v) is 9.82. The van der Waals surface area contributed by atoms with Crippen molar-refractivity contribution in [1.29, 1.82) is 0 Å². The van der Waals surface area contributed by atoms with Gasteiger partial charge in [0.1, 0.15) is 5.82 Å². The number of hydrogen-bond acceptors (Lipinski definition) is 3. The Balaban J connectivity index is 2.42. The summed E-state index contributed by atoms with van der Waals surface area (Å²) >= 11 is 0. The highest BCUT2D eigenvalue weighted by Gasteiger charge is 2.58. The molecule has 1 aromatic carbocycles. The molecule has 3 N–H and O–H groups in total. The second kappa shape index (κ2) is 4.73. The highest BCUT2D eigenvalue weighted by atomic mass is 19.4. The summed E-state index contributed by atoms with van der Waals surface area (Å²) in [6.45, 7) is -1.33. The zero-order valence-electron chi connectivity index (χ0n) is 9.82. The minimum atomic E-state index is -4.65. The molecule has 3 atom stereocenters.